The van der Waals surface area contributed by atoms with Gasteiger partial charge in [-0.1, -0.05) is 29.8 Å². The van der Waals surface area contributed by atoms with Crippen LogP contribution >= 0.6 is 0 Å². The van der Waals surface area contributed by atoms with Crippen molar-refractivity contribution in [2.45, 2.75) is 18.2 Å². The standard InChI is InChI=1S/C16H18N2O3S/c1-12-2-6-14(7-3-12)16(19)18-11-10-13-4-8-15(9-5-13)22(17,20)21/h2-9H,10-11H2,1H3,(H,18,19)(H2,17,20,21). The minimum atomic E-state index is -3.66. The topological polar surface area (TPSA) is 89.3 Å². The molecule has 0 spiro atoms. The molecule has 116 valence electrons. The molecule has 2 aromatic carbocycles. The summed E-state index contributed by atoms with van der Waals surface area (Å²) < 4.78 is 22.3. The van der Waals surface area contributed by atoms with Crippen molar-refractivity contribution >= 4 is 15.9 Å². The molecule has 2 aromatic rings. The number of nitrogens with one attached hydrogen (secondary N) is 1. The second-order valence-corrected chi connectivity index (χ2v) is 6.62. The summed E-state index contributed by atoms with van der Waals surface area (Å²) in [5.74, 6) is -0.124. The molecule has 0 bridgehead atoms. The van der Waals surface area contributed by atoms with Gasteiger partial charge in [0.15, 0.2) is 0 Å². The number of sulfonamides is 1. The summed E-state index contributed by atoms with van der Waals surface area (Å²) in [7, 11) is -3.66. The number of aryl methyl sites for hydroxylation is 1. The molecule has 0 atom stereocenters. The third kappa shape index (κ3) is 4.41. The Morgan fingerprint density at radius 1 is 1.05 bits per heavy atom. The smallest absolute Gasteiger partial charge is 0.251 e. The van der Waals surface area contributed by atoms with E-state index in [2.05, 4.69) is 5.32 Å². The molecule has 0 heterocycles. The summed E-state index contributed by atoms with van der Waals surface area (Å²) in [6, 6.07) is 13.7. The van der Waals surface area contributed by atoms with Crippen molar-refractivity contribution in [3.63, 3.8) is 0 Å². The molecule has 0 aliphatic rings. The van der Waals surface area contributed by atoms with Crippen molar-refractivity contribution in [1.29, 1.82) is 0 Å². The Labute approximate surface area is 130 Å². The van der Waals surface area contributed by atoms with Gasteiger partial charge in [-0.05, 0) is 43.2 Å². The number of rotatable bonds is 5. The molecule has 0 aliphatic carbocycles. The minimum Gasteiger partial charge on any atom is -0.352 e. The molecule has 0 radical (unpaired) electrons. The van der Waals surface area contributed by atoms with Crippen molar-refractivity contribution in [2.24, 2.45) is 5.14 Å². The van der Waals surface area contributed by atoms with Gasteiger partial charge in [0, 0.05) is 12.1 Å². The van der Waals surface area contributed by atoms with Gasteiger partial charge in [0.05, 0.1) is 4.90 Å². The lowest BCUT2D eigenvalue weighted by molar-refractivity contribution is 0.0954. The highest BCUT2D eigenvalue weighted by atomic mass is 32.2. The average molecular weight is 318 g/mol. The number of amides is 1. The maximum absolute atomic E-state index is 11.9. The van der Waals surface area contributed by atoms with Gasteiger partial charge in [0.2, 0.25) is 10.0 Å². The van der Waals surface area contributed by atoms with Gasteiger partial charge < -0.3 is 5.32 Å². The van der Waals surface area contributed by atoms with Crippen molar-refractivity contribution in [1.82, 2.24) is 5.32 Å². The first-order valence-corrected chi connectivity index (χ1v) is 8.37. The Morgan fingerprint density at radius 3 is 2.18 bits per heavy atom. The molecule has 0 aliphatic heterocycles. The van der Waals surface area contributed by atoms with Crippen LogP contribution in [0.1, 0.15) is 21.5 Å². The van der Waals surface area contributed by atoms with Crippen LogP contribution in [-0.4, -0.2) is 20.9 Å². The minimum absolute atomic E-state index is 0.0833. The Hall–Kier alpha value is -2.18. The zero-order chi connectivity index (χ0) is 16.2. The zero-order valence-corrected chi connectivity index (χ0v) is 13.1. The normalized spacial score (nSPS) is 11.2. The lowest BCUT2D eigenvalue weighted by Gasteiger charge is -2.06. The van der Waals surface area contributed by atoms with Crippen molar-refractivity contribution < 1.29 is 13.2 Å². The van der Waals surface area contributed by atoms with E-state index in [1.54, 1.807) is 24.3 Å². The second kappa shape index (κ2) is 6.72. The summed E-state index contributed by atoms with van der Waals surface area (Å²) in [6.07, 6.45) is 0.614. The molecule has 2 rings (SSSR count). The Kier molecular flexibility index (Phi) is 4.95. The summed E-state index contributed by atoms with van der Waals surface area (Å²) in [4.78, 5) is 12.0. The first-order chi connectivity index (χ1) is 10.4. The fourth-order valence-corrected chi connectivity index (χ4v) is 2.49. The van der Waals surface area contributed by atoms with Crippen LogP contribution in [0.5, 0.6) is 0 Å². The quantitative estimate of drug-likeness (QED) is 0.878. The van der Waals surface area contributed by atoms with E-state index in [9.17, 15) is 13.2 Å². The Morgan fingerprint density at radius 2 is 1.64 bits per heavy atom. The second-order valence-electron chi connectivity index (χ2n) is 5.06. The number of carbonyl (C=O) groups is 1. The number of carbonyl (C=O) groups excluding carboxylic acids is 1. The number of nitrogens with two attached hydrogens (primary N) is 1. The lowest BCUT2D eigenvalue weighted by Crippen LogP contribution is -2.25. The predicted octanol–water partition coefficient (Wildman–Crippen LogP) is 1.61. The number of hydrogen-bond acceptors (Lipinski definition) is 3. The molecular weight excluding hydrogens is 300 g/mol. The van der Waals surface area contributed by atoms with E-state index in [0.717, 1.165) is 11.1 Å². The van der Waals surface area contributed by atoms with E-state index in [1.165, 1.54) is 12.1 Å². The van der Waals surface area contributed by atoms with Crippen LogP contribution in [0, 0.1) is 6.92 Å². The summed E-state index contributed by atoms with van der Waals surface area (Å²) in [6.45, 7) is 2.44. The van der Waals surface area contributed by atoms with Crippen LogP contribution in [0.2, 0.25) is 0 Å². The van der Waals surface area contributed by atoms with Crippen LogP contribution in [0.25, 0.3) is 0 Å². The highest BCUT2D eigenvalue weighted by Crippen LogP contribution is 2.09. The first kappa shape index (κ1) is 16.2. The van der Waals surface area contributed by atoms with Gasteiger partial charge in [-0.15, -0.1) is 0 Å². The van der Waals surface area contributed by atoms with Crippen LogP contribution < -0.4 is 10.5 Å². The monoisotopic (exact) mass is 318 g/mol. The average Bonchev–Trinajstić information content (AvgIpc) is 2.47. The van der Waals surface area contributed by atoms with E-state index < -0.39 is 10.0 Å². The molecule has 5 nitrogen and oxygen atoms in total. The lowest BCUT2D eigenvalue weighted by atomic mass is 10.1. The van der Waals surface area contributed by atoms with E-state index in [1.807, 2.05) is 19.1 Å². The molecule has 0 fully saturated rings. The Bertz CT molecular complexity index is 751. The molecule has 1 amide bonds. The van der Waals surface area contributed by atoms with E-state index in [0.29, 0.717) is 18.5 Å². The fraction of sp³-hybridized carbons (Fsp3) is 0.188. The SMILES string of the molecule is Cc1ccc(C(=O)NCCc2ccc(S(N)(=O)=O)cc2)cc1. The fourth-order valence-electron chi connectivity index (χ4n) is 1.97. The van der Waals surface area contributed by atoms with Gasteiger partial charge in [-0.25, -0.2) is 13.6 Å². The van der Waals surface area contributed by atoms with Crippen molar-refractivity contribution in [3.05, 3.63) is 65.2 Å². The molecule has 0 aromatic heterocycles. The number of benzene rings is 2. The van der Waals surface area contributed by atoms with E-state index in [4.69, 9.17) is 5.14 Å². The predicted molar refractivity (Wildman–Crippen MR) is 85.0 cm³/mol. The summed E-state index contributed by atoms with van der Waals surface area (Å²) in [5, 5.41) is 7.87. The summed E-state index contributed by atoms with van der Waals surface area (Å²) in [5.41, 5.74) is 2.65. The Balaban J connectivity index is 1.88. The van der Waals surface area contributed by atoms with Gasteiger partial charge >= 0.3 is 0 Å². The van der Waals surface area contributed by atoms with Crippen LogP contribution in [0.3, 0.4) is 0 Å². The number of primary sulfonamides is 1. The van der Waals surface area contributed by atoms with Gasteiger partial charge in [-0.2, -0.15) is 0 Å². The highest BCUT2D eigenvalue weighted by Gasteiger charge is 2.07. The zero-order valence-electron chi connectivity index (χ0n) is 12.2. The van der Waals surface area contributed by atoms with Crippen LogP contribution in [0.15, 0.2) is 53.4 Å². The van der Waals surface area contributed by atoms with Crippen molar-refractivity contribution in [2.75, 3.05) is 6.54 Å². The largest absolute Gasteiger partial charge is 0.352 e. The van der Waals surface area contributed by atoms with Gasteiger partial charge in [-0.3, -0.25) is 4.79 Å². The number of hydrogen-bond donors (Lipinski definition) is 2. The highest BCUT2D eigenvalue weighted by molar-refractivity contribution is 7.89. The molecule has 0 saturated carbocycles. The molecule has 0 unspecified atom stereocenters. The van der Waals surface area contributed by atoms with E-state index >= 15 is 0 Å². The summed E-state index contributed by atoms with van der Waals surface area (Å²) >= 11 is 0. The molecule has 0 saturated heterocycles. The molecule has 6 heteroatoms. The third-order valence-corrected chi connectivity index (χ3v) is 4.19. The van der Waals surface area contributed by atoms with Gasteiger partial charge in [0.25, 0.3) is 5.91 Å². The maximum atomic E-state index is 11.9. The molecular formula is C16H18N2O3S. The van der Waals surface area contributed by atoms with Crippen molar-refractivity contribution in [3.8, 4) is 0 Å². The third-order valence-electron chi connectivity index (χ3n) is 3.26. The van der Waals surface area contributed by atoms with Gasteiger partial charge in [0.1, 0.15) is 0 Å². The molecule has 22 heavy (non-hydrogen) atoms. The van der Waals surface area contributed by atoms with Crippen LogP contribution in [0.4, 0.5) is 0 Å². The van der Waals surface area contributed by atoms with E-state index in [-0.39, 0.29) is 10.8 Å². The molecule has 3 N–H and O–H groups in total. The first-order valence-electron chi connectivity index (χ1n) is 6.83. The maximum Gasteiger partial charge on any atom is 0.251 e. The van der Waals surface area contributed by atoms with Crippen LogP contribution in [-0.2, 0) is 16.4 Å².